The topological polar surface area (TPSA) is 87.7 Å². The number of pyridine rings is 1. The first-order valence-electron chi connectivity index (χ1n) is 5.96. The Labute approximate surface area is 117 Å². The van der Waals surface area contributed by atoms with Gasteiger partial charge in [-0.05, 0) is 13.0 Å². The summed E-state index contributed by atoms with van der Waals surface area (Å²) in [5, 5.41) is 12.9. The number of carbonyl (C=O) groups is 1. The molecule has 0 spiro atoms. The first-order chi connectivity index (χ1) is 9.93. The van der Waals surface area contributed by atoms with Crippen LogP contribution in [0, 0.1) is 0 Å². The number of aromatic nitrogens is 5. The highest BCUT2D eigenvalue weighted by Crippen LogP contribution is 2.32. The van der Waals surface area contributed by atoms with E-state index in [2.05, 4.69) is 25.6 Å². The molecular formula is C11H11F3N6O. The Balaban J connectivity index is 2.30. The van der Waals surface area contributed by atoms with Crippen LogP contribution in [0.4, 0.5) is 13.2 Å². The van der Waals surface area contributed by atoms with Crippen LogP contribution in [0.25, 0.3) is 0 Å². The summed E-state index contributed by atoms with van der Waals surface area (Å²) < 4.78 is 38.7. The maximum atomic E-state index is 12.9. The van der Waals surface area contributed by atoms with E-state index < -0.39 is 23.2 Å². The molecule has 7 nitrogen and oxygen atoms in total. The van der Waals surface area contributed by atoms with E-state index in [0.29, 0.717) is 0 Å². The molecule has 21 heavy (non-hydrogen) atoms. The van der Waals surface area contributed by atoms with Crippen molar-refractivity contribution < 1.29 is 18.0 Å². The van der Waals surface area contributed by atoms with Gasteiger partial charge in [0.25, 0.3) is 5.91 Å². The van der Waals surface area contributed by atoms with Crippen molar-refractivity contribution in [2.45, 2.75) is 19.6 Å². The van der Waals surface area contributed by atoms with Gasteiger partial charge in [-0.1, -0.05) is 5.21 Å². The molecule has 0 aromatic carbocycles. The highest BCUT2D eigenvalue weighted by atomic mass is 19.4. The summed E-state index contributed by atoms with van der Waals surface area (Å²) in [6.07, 6.45) is -2.72. The van der Waals surface area contributed by atoms with Crippen molar-refractivity contribution in [3.8, 4) is 0 Å². The third-order valence-electron chi connectivity index (χ3n) is 2.75. The molecule has 0 bridgehead atoms. The maximum absolute atomic E-state index is 12.9. The lowest BCUT2D eigenvalue weighted by Crippen LogP contribution is -2.32. The average molecular weight is 300 g/mol. The normalized spacial score (nSPS) is 11.4. The Morgan fingerprint density at radius 1 is 1.43 bits per heavy atom. The zero-order valence-corrected chi connectivity index (χ0v) is 10.9. The molecule has 1 N–H and O–H groups in total. The predicted molar refractivity (Wildman–Crippen MR) is 63.8 cm³/mol. The number of halogens is 3. The van der Waals surface area contributed by atoms with E-state index in [1.165, 1.54) is 4.90 Å². The minimum Gasteiger partial charge on any atom is -0.331 e. The third-order valence-corrected chi connectivity index (χ3v) is 2.75. The van der Waals surface area contributed by atoms with Crippen LogP contribution in [0.1, 0.15) is 28.7 Å². The number of hydrogen-bond donors (Lipinski definition) is 1. The molecule has 0 saturated carbocycles. The molecule has 1 amide bonds. The Kier molecular flexibility index (Phi) is 4.15. The fraction of sp³-hybridized carbons (Fsp3) is 0.364. The molecule has 0 aliphatic heterocycles. The summed E-state index contributed by atoms with van der Waals surface area (Å²) in [7, 11) is 0. The SMILES string of the molecule is CCN(Cc1nn[nH]n1)C(=O)c1cnccc1C(F)(F)F. The Morgan fingerprint density at radius 2 is 2.19 bits per heavy atom. The van der Waals surface area contributed by atoms with Crippen LogP contribution in [0.5, 0.6) is 0 Å². The van der Waals surface area contributed by atoms with Gasteiger partial charge in [-0.3, -0.25) is 9.78 Å². The molecule has 0 aliphatic rings. The first kappa shape index (κ1) is 14.9. The quantitative estimate of drug-likeness (QED) is 0.919. The van der Waals surface area contributed by atoms with Crippen molar-refractivity contribution in [1.29, 1.82) is 0 Å². The monoisotopic (exact) mass is 300 g/mol. The highest BCUT2D eigenvalue weighted by Gasteiger charge is 2.36. The van der Waals surface area contributed by atoms with E-state index in [-0.39, 0.29) is 18.9 Å². The lowest BCUT2D eigenvalue weighted by atomic mass is 10.1. The Bertz CT molecular complexity index is 613. The molecular weight excluding hydrogens is 289 g/mol. The van der Waals surface area contributed by atoms with Crippen LogP contribution in [0.3, 0.4) is 0 Å². The van der Waals surface area contributed by atoms with E-state index in [4.69, 9.17) is 0 Å². The smallest absolute Gasteiger partial charge is 0.331 e. The van der Waals surface area contributed by atoms with Crippen molar-refractivity contribution in [3.63, 3.8) is 0 Å². The van der Waals surface area contributed by atoms with Crippen molar-refractivity contribution in [2.24, 2.45) is 0 Å². The van der Waals surface area contributed by atoms with Crippen LogP contribution in [0.2, 0.25) is 0 Å². The van der Waals surface area contributed by atoms with Crippen molar-refractivity contribution >= 4 is 5.91 Å². The number of tetrazole rings is 1. The molecule has 112 valence electrons. The number of alkyl halides is 3. The van der Waals surface area contributed by atoms with Crippen LogP contribution in [-0.2, 0) is 12.7 Å². The number of H-pyrrole nitrogens is 1. The van der Waals surface area contributed by atoms with Crippen LogP contribution in [0.15, 0.2) is 18.5 Å². The number of aromatic amines is 1. The lowest BCUT2D eigenvalue weighted by molar-refractivity contribution is -0.138. The van der Waals surface area contributed by atoms with Gasteiger partial charge < -0.3 is 4.90 Å². The maximum Gasteiger partial charge on any atom is 0.417 e. The number of nitrogens with zero attached hydrogens (tertiary/aromatic N) is 5. The molecule has 0 fully saturated rings. The van der Waals surface area contributed by atoms with E-state index in [1.807, 2.05) is 0 Å². The van der Waals surface area contributed by atoms with Crippen LogP contribution in [-0.4, -0.2) is 43.0 Å². The van der Waals surface area contributed by atoms with E-state index in [9.17, 15) is 18.0 Å². The second-order valence-corrected chi connectivity index (χ2v) is 4.07. The second-order valence-electron chi connectivity index (χ2n) is 4.07. The van der Waals surface area contributed by atoms with Gasteiger partial charge in [0.15, 0.2) is 5.82 Å². The molecule has 2 heterocycles. The zero-order valence-electron chi connectivity index (χ0n) is 10.9. The summed E-state index contributed by atoms with van der Waals surface area (Å²) in [4.78, 5) is 17.0. The molecule has 0 saturated heterocycles. The Hall–Kier alpha value is -2.52. The van der Waals surface area contributed by atoms with Gasteiger partial charge in [-0.2, -0.15) is 18.4 Å². The lowest BCUT2D eigenvalue weighted by Gasteiger charge is -2.21. The van der Waals surface area contributed by atoms with Gasteiger partial charge in [0, 0.05) is 18.9 Å². The fourth-order valence-electron chi connectivity index (χ4n) is 1.73. The largest absolute Gasteiger partial charge is 0.417 e. The molecule has 10 heteroatoms. The van der Waals surface area contributed by atoms with Crippen molar-refractivity contribution in [1.82, 2.24) is 30.5 Å². The first-order valence-corrected chi connectivity index (χ1v) is 5.96. The average Bonchev–Trinajstić information content (AvgIpc) is 2.96. The van der Waals surface area contributed by atoms with Gasteiger partial charge in [-0.25, -0.2) is 0 Å². The molecule has 0 radical (unpaired) electrons. The van der Waals surface area contributed by atoms with Crippen molar-refractivity contribution in [2.75, 3.05) is 6.54 Å². The van der Waals surface area contributed by atoms with Gasteiger partial charge in [0.05, 0.1) is 17.7 Å². The van der Waals surface area contributed by atoms with Crippen LogP contribution >= 0.6 is 0 Å². The minimum atomic E-state index is -4.63. The van der Waals surface area contributed by atoms with Crippen molar-refractivity contribution in [3.05, 3.63) is 35.4 Å². The standard InChI is InChI=1S/C11H11F3N6O/c1-2-20(6-9-16-18-19-17-9)10(21)7-5-15-4-3-8(7)11(12,13)14/h3-5H,2,6H2,1H3,(H,16,17,18,19). The van der Waals surface area contributed by atoms with E-state index >= 15 is 0 Å². The number of amides is 1. The van der Waals surface area contributed by atoms with E-state index in [0.717, 1.165) is 18.5 Å². The molecule has 0 unspecified atom stereocenters. The number of rotatable bonds is 4. The number of carbonyl (C=O) groups excluding carboxylic acids is 1. The minimum absolute atomic E-state index is 0.0436. The van der Waals surface area contributed by atoms with Crippen LogP contribution < -0.4 is 0 Å². The highest BCUT2D eigenvalue weighted by molar-refractivity contribution is 5.95. The summed E-state index contributed by atoms with van der Waals surface area (Å²) in [5.74, 6) is -0.578. The zero-order chi connectivity index (χ0) is 15.5. The molecule has 0 atom stereocenters. The summed E-state index contributed by atoms with van der Waals surface area (Å²) in [6.45, 7) is 1.79. The van der Waals surface area contributed by atoms with E-state index in [1.54, 1.807) is 6.92 Å². The van der Waals surface area contributed by atoms with Gasteiger partial charge in [-0.15, -0.1) is 10.2 Å². The summed E-state index contributed by atoms with van der Waals surface area (Å²) in [5.41, 5.74) is -1.52. The fourth-order valence-corrected chi connectivity index (χ4v) is 1.73. The predicted octanol–water partition coefficient (Wildman–Crippen LogP) is 1.28. The molecule has 2 aromatic heterocycles. The molecule has 2 aromatic rings. The Morgan fingerprint density at radius 3 is 2.76 bits per heavy atom. The second kappa shape index (κ2) is 5.85. The summed E-state index contributed by atoms with van der Waals surface area (Å²) in [6, 6.07) is 0.773. The van der Waals surface area contributed by atoms with Gasteiger partial charge in [0.1, 0.15) is 0 Å². The van der Waals surface area contributed by atoms with Gasteiger partial charge in [0.2, 0.25) is 0 Å². The van der Waals surface area contributed by atoms with Gasteiger partial charge >= 0.3 is 6.18 Å². The molecule has 0 aliphatic carbocycles. The number of hydrogen-bond acceptors (Lipinski definition) is 5. The third kappa shape index (κ3) is 3.33. The summed E-state index contributed by atoms with van der Waals surface area (Å²) >= 11 is 0. The molecule has 2 rings (SSSR count). The number of nitrogens with one attached hydrogen (secondary N) is 1.